The molecule has 2 bridgehead atoms. The molecule has 1 heterocycles. The summed E-state index contributed by atoms with van der Waals surface area (Å²) in [7, 11) is 0. The van der Waals surface area contributed by atoms with Crippen LogP contribution in [0.2, 0.25) is 0 Å². The lowest BCUT2D eigenvalue weighted by Gasteiger charge is -2.21. The summed E-state index contributed by atoms with van der Waals surface area (Å²) in [5.74, 6) is 2.49. The maximum atomic E-state index is 12.3. The molecule has 23 heavy (non-hydrogen) atoms. The fourth-order valence-electron chi connectivity index (χ4n) is 4.88. The van der Waals surface area contributed by atoms with E-state index in [9.17, 15) is 9.59 Å². The minimum atomic E-state index is 0.0804. The molecule has 0 aromatic heterocycles. The Morgan fingerprint density at radius 3 is 2.83 bits per heavy atom. The number of fused-ring (bicyclic) bond motifs is 3. The highest BCUT2D eigenvalue weighted by Crippen LogP contribution is 2.49. The standard InChI is InChI=1S/C19H24N2O2/c1-12(22)21-7-6-15-10-17(4-5-18(15)21)20-19(23)11-16-9-13-2-3-14(16)8-13/h4-5,10,13-14,16H,2-3,6-9,11H2,1H3,(H,20,23)/t13-,14-,16+/m0/s1. The Bertz CT molecular complexity index is 655. The van der Waals surface area contributed by atoms with Crippen molar-refractivity contribution in [3.05, 3.63) is 23.8 Å². The van der Waals surface area contributed by atoms with Crippen LogP contribution < -0.4 is 10.2 Å². The summed E-state index contributed by atoms with van der Waals surface area (Å²) in [5, 5.41) is 3.06. The van der Waals surface area contributed by atoms with Crippen molar-refractivity contribution in [2.75, 3.05) is 16.8 Å². The van der Waals surface area contributed by atoms with Gasteiger partial charge in [0, 0.05) is 31.3 Å². The van der Waals surface area contributed by atoms with Crippen LogP contribution in [0.3, 0.4) is 0 Å². The number of benzene rings is 1. The Morgan fingerprint density at radius 1 is 1.26 bits per heavy atom. The Kier molecular flexibility index (Phi) is 3.63. The highest BCUT2D eigenvalue weighted by molar-refractivity contribution is 5.95. The van der Waals surface area contributed by atoms with Gasteiger partial charge in [0.1, 0.15) is 0 Å². The number of carbonyl (C=O) groups excluding carboxylic acids is 2. The number of anilines is 2. The first kappa shape index (κ1) is 14.7. The highest BCUT2D eigenvalue weighted by atomic mass is 16.2. The third kappa shape index (κ3) is 2.75. The Hall–Kier alpha value is -1.84. The molecule has 2 fully saturated rings. The summed E-state index contributed by atoms with van der Waals surface area (Å²) in [6.45, 7) is 2.34. The molecular weight excluding hydrogens is 288 g/mol. The predicted octanol–water partition coefficient (Wildman–Crippen LogP) is 3.36. The topological polar surface area (TPSA) is 49.4 Å². The Balaban J connectivity index is 1.39. The van der Waals surface area contributed by atoms with Gasteiger partial charge in [-0.05, 0) is 67.2 Å². The fourth-order valence-corrected chi connectivity index (χ4v) is 4.88. The van der Waals surface area contributed by atoms with Crippen molar-refractivity contribution < 1.29 is 9.59 Å². The lowest BCUT2D eigenvalue weighted by Crippen LogP contribution is -2.25. The average Bonchev–Trinajstić information content (AvgIpc) is 3.20. The van der Waals surface area contributed by atoms with Crippen LogP contribution in [-0.4, -0.2) is 18.4 Å². The van der Waals surface area contributed by atoms with Gasteiger partial charge in [-0.2, -0.15) is 0 Å². The Labute approximate surface area is 137 Å². The van der Waals surface area contributed by atoms with Gasteiger partial charge < -0.3 is 10.2 Å². The summed E-state index contributed by atoms with van der Waals surface area (Å²) in [5.41, 5.74) is 3.00. The number of amides is 2. The normalized spacial score (nSPS) is 28.0. The molecule has 0 spiro atoms. The van der Waals surface area contributed by atoms with E-state index in [0.29, 0.717) is 12.3 Å². The second kappa shape index (κ2) is 5.66. The molecule has 3 atom stereocenters. The largest absolute Gasteiger partial charge is 0.326 e. The zero-order chi connectivity index (χ0) is 16.0. The van der Waals surface area contributed by atoms with Crippen molar-refractivity contribution >= 4 is 23.2 Å². The van der Waals surface area contributed by atoms with E-state index in [2.05, 4.69) is 5.32 Å². The summed E-state index contributed by atoms with van der Waals surface area (Å²) in [6.07, 6.45) is 6.82. The second-order valence-electron chi connectivity index (χ2n) is 7.45. The molecule has 2 amide bonds. The number of rotatable bonds is 3. The molecular formula is C19H24N2O2. The maximum Gasteiger partial charge on any atom is 0.224 e. The summed E-state index contributed by atoms with van der Waals surface area (Å²) in [6, 6.07) is 5.90. The molecule has 0 radical (unpaired) electrons. The number of nitrogens with zero attached hydrogens (tertiary/aromatic N) is 1. The zero-order valence-corrected chi connectivity index (χ0v) is 13.7. The van der Waals surface area contributed by atoms with Gasteiger partial charge >= 0.3 is 0 Å². The molecule has 3 aliphatic rings. The monoisotopic (exact) mass is 312 g/mol. The van der Waals surface area contributed by atoms with Gasteiger partial charge in [0.25, 0.3) is 0 Å². The molecule has 1 aromatic carbocycles. The smallest absolute Gasteiger partial charge is 0.224 e. The van der Waals surface area contributed by atoms with Gasteiger partial charge in [-0.15, -0.1) is 0 Å². The lowest BCUT2D eigenvalue weighted by atomic mass is 9.86. The number of carbonyl (C=O) groups is 2. The molecule has 1 N–H and O–H groups in total. The number of nitrogens with one attached hydrogen (secondary N) is 1. The SMILES string of the molecule is CC(=O)N1CCc2cc(NC(=O)C[C@H]3C[C@H]4CC[C@H]3C4)ccc21. The third-order valence-electron chi connectivity index (χ3n) is 5.97. The first-order valence-electron chi connectivity index (χ1n) is 8.81. The van der Waals surface area contributed by atoms with E-state index in [1.165, 1.54) is 25.7 Å². The molecule has 2 saturated carbocycles. The van der Waals surface area contributed by atoms with Crippen LogP contribution >= 0.6 is 0 Å². The predicted molar refractivity (Wildman–Crippen MR) is 90.4 cm³/mol. The van der Waals surface area contributed by atoms with Gasteiger partial charge in [-0.3, -0.25) is 9.59 Å². The van der Waals surface area contributed by atoms with Gasteiger partial charge in [0.2, 0.25) is 11.8 Å². The molecule has 2 aliphatic carbocycles. The molecule has 122 valence electrons. The molecule has 1 aliphatic heterocycles. The van der Waals surface area contributed by atoms with Crippen molar-refractivity contribution in [3.63, 3.8) is 0 Å². The molecule has 4 nitrogen and oxygen atoms in total. The van der Waals surface area contributed by atoms with Crippen LogP contribution in [0.15, 0.2) is 18.2 Å². The minimum Gasteiger partial charge on any atom is -0.326 e. The van der Waals surface area contributed by atoms with Crippen molar-refractivity contribution in [1.29, 1.82) is 0 Å². The van der Waals surface area contributed by atoms with Gasteiger partial charge in [0.15, 0.2) is 0 Å². The lowest BCUT2D eigenvalue weighted by molar-refractivity contribution is -0.117. The van der Waals surface area contributed by atoms with Gasteiger partial charge in [0.05, 0.1) is 0 Å². The van der Waals surface area contributed by atoms with Crippen molar-refractivity contribution in [1.82, 2.24) is 0 Å². The summed E-state index contributed by atoms with van der Waals surface area (Å²) < 4.78 is 0. The molecule has 1 aromatic rings. The zero-order valence-electron chi connectivity index (χ0n) is 13.7. The van der Waals surface area contributed by atoms with E-state index in [-0.39, 0.29) is 11.8 Å². The van der Waals surface area contributed by atoms with E-state index in [1.54, 1.807) is 11.8 Å². The first-order chi connectivity index (χ1) is 11.1. The van der Waals surface area contributed by atoms with Gasteiger partial charge in [-0.1, -0.05) is 6.42 Å². The average molecular weight is 312 g/mol. The van der Waals surface area contributed by atoms with E-state index in [4.69, 9.17) is 0 Å². The molecule has 4 rings (SSSR count). The van der Waals surface area contributed by atoms with E-state index >= 15 is 0 Å². The number of hydrogen-bond donors (Lipinski definition) is 1. The molecule has 4 heteroatoms. The first-order valence-corrected chi connectivity index (χ1v) is 8.81. The van der Waals surface area contributed by atoms with Crippen LogP contribution in [-0.2, 0) is 16.0 Å². The van der Waals surface area contributed by atoms with Crippen molar-refractivity contribution in [2.24, 2.45) is 17.8 Å². The second-order valence-corrected chi connectivity index (χ2v) is 7.45. The van der Waals surface area contributed by atoms with Crippen LogP contribution in [0.25, 0.3) is 0 Å². The van der Waals surface area contributed by atoms with E-state index in [0.717, 1.165) is 41.7 Å². The van der Waals surface area contributed by atoms with Gasteiger partial charge in [-0.25, -0.2) is 0 Å². The highest BCUT2D eigenvalue weighted by Gasteiger charge is 2.40. The summed E-state index contributed by atoms with van der Waals surface area (Å²) in [4.78, 5) is 25.7. The van der Waals surface area contributed by atoms with Crippen molar-refractivity contribution in [3.8, 4) is 0 Å². The van der Waals surface area contributed by atoms with Crippen LogP contribution in [0.5, 0.6) is 0 Å². The number of hydrogen-bond acceptors (Lipinski definition) is 2. The van der Waals surface area contributed by atoms with Crippen LogP contribution in [0.1, 0.15) is 44.6 Å². The van der Waals surface area contributed by atoms with Crippen molar-refractivity contribution in [2.45, 2.75) is 45.4 Å². The minimum absolute atomic E-state index is 0.0804. The Morgan fingerprint density at radius 2 is 2.13 bits per heavy atom. The van der Waals surface area contributed by atoms with E-state index < -0.39 is 0 Å². The van der Waals surface area contributed by atoms with E-state index in [1.807, 2.05) is 18.2 Å². The maximum absolute atomic E-state index is 12.3. The summed E-state index contributed by atoms with van der Waals surface area (Å²) >= 11 is 0. The van der Waals surface area contributed by atoms with Crippen LogP contribution in [0.4, 0.5) is 11.4 Å². The molecule has 0 unspecified atom stereocenters. The van der Waals surface area contributed by atoms with Crippen LogP contribution in [0, 0.1) is 17.8 Å². The molecule has 0 saturated heterocycles. The fraction of sp³-hybridized carbons (Fsp3) is 0.579. The third-order valence-corrected chi connectivity index (χ3v) is 5.97. The quantitative estimate of drug-likeness (QED) is 0.930.